The molecule has 1 unspecified atom stereocenters. The number of carbonyl (C=O) groups is 2. The maximum absolute atomic E-state index is 13.1. The molecule has 1 atom stereocenters. The van der Waals surface area contributed by atoms with E-state index in [9.17, 15) is 14.0 Å². The van der Waals surface area contributed by atoms with Gasteiger partial charge in [-0.2, -0.15) is 0 Å². The molecule has 21 heavy (non-hydrogen) atoms. The van der Waals surface area contributed by atoms with Crippen LogP contribution in [0.4, 0.5) is 4.39 Å². The summed E-state index contributed by atoms with van der Waals surface area (Å²) in [5.74, 6) is -1.82. The fourth-order valence-electron chi connectivity index (χ4n) is 2.53. The molecule has 2 N–H and O–H groups in total. The van der Waals surface area contributed by atoms with Crippen molar-refractivity contribution in [2.75, 3.05) is 13.2 Å². The van der Waals surface area contributed by atoms with Crippen LogP contribution in [-0.2, 0) is 19.7 Å². The van der Waals surface area contributed by atoms with Gasteiger partial charge in [0.05, 0.1) is 5.41 Å². The highest BCUT2D eigenvalue weighted by Crippen LogP contribution is 2.35. The van der Waals surface area contributed by atoms with Gasteiger partial charge in [0.25, 0.3) is 0 Å². The normalized spacial score (nSPS) is 18.8. The molecule has 1 amide bonds. The first-order valence-electron chi connectivity index (χ1n) is 6.83. The molecule has 0 bridgehead atoms. The highest BCUT2D eigenvalue weighted by atomic mass is 19.1. The maximum atomic E-state index is 13.1. The van der Waals surface area contributed by atoms with E-state index in [0.717, 1.165) is 0 Å². The molecule has 1 fully saturated rings. The van der Waals surface area contributed by atoms with Gasteiger partial charge in [-0.1, -0.05) is 12.1 Å². The predicted molar refractivity (Wildman–Crippen MR) is 73.4 cm³/mol. The molecular weight excluding hydrogens is 277 g/mol. The Kier molecular flexibility index (Phi) is 4.57. The van der Waals surface area contributed by atoms with E-state index < -0.39 is 17.4 Å². The highest BCUT2D eigenvalue weighted by molar-refractivity contribution is 5.91. The van der Waals surface area contributed by atoms with Gasteiger partial charge >= 0.3 is 5.97 Å². The Labute approximate surface area is 122 Å². The van der Waals surface area contributed by atoms with Gasteiger partial charge in [-0.05, 0) is 37.5 Å². The van der Waals surface area contributed by atoms with Crippen molar-refractivity contribution < 1.29 is 23.8 Å². The minimum Gasteiger partial charge on any atom is -0.480 e. The lowest BCUT2D eigenvalue weighted by Crippen LogP contribution is -2.52. The van der Waals surface area contributed by atoms with Crippen LogP contribution >= 0.6 is 0 Å². The maximum Gasteiger partial charge on any atom is 0.325 e. The predicted octanol–water partition coefficient (Wildman–Crippen LogP) is 1.46. The number of hydrogen-bond donors (Lipinski definition) is 2. The van der Waals surface area contributed by atoms with Gasteiger partial charge in [-0.25, -0.2) is 4.39 Å². The number of nitrogens with one attached hydrogen (secondary N) is 1. The second kappa shape index (κ2) is 6.22. The van der Waals surface area contributed by atoms with Gasteiger partial charge in [0.2, 0.25) is 5.91 Å². The zero-order valence-corrected chi connectivity index (χ0v) is 11.8. The van der Waals surface area contributed by atoms with E-state index in [1.54, 1.807) is 12.1 Å². The van der Waals surface area contributed by atoms with Crippen molar-refractivity contribution in [3.63, 3.8) is 0 Å². The molecule has 6 heteroatoms. The average Bonchev–Trinajstić information content (AvgIpc) is 2.48. The first-order chi connectivity index (χ1) is 9.95. The highest BCUT2D eigenvalue weighted by Gasteiger charge is 2.42. The minimum absolute atomic E-state index is 0.354. The van der Waals surface area contributed by atoms with Crippen LogP contribution in [-0.4, -0.2) is 36.2 Å². The third-order valence-corrected chi connectivity index (χ3v) is 3.90. The summed E-state index contributed by atoms with van der Waals surface area (Å²) in [5, 5.41) is 11.4. The summed E-state index contributed by atoms with van der Waals surface area (Å²) in [6, 6.07) is 4.79. The summed E-state index contributed by atoms with van der Waals surface area (Å²) in [7, 11) is 0. The molecule has 1 heterocycles. The third kappa shape index (κ3) is 3.21. The number of amides is 1. The summed E-state index contributed by atoms with van der Waals surface area (Å²) in [4.78, 5) is 23.5. The van der Waals surface area contributed by atoms with Crippen molar-refractivity contribution in [1.29, 1.82) is 0 Å². The van der Waals surface area contributed by atoms with E-state index in [1.165, 1.54) is 19.1 Å². The lowest BCUT2D eigenvalue weighted by atomic mass is 9.73. The lowest BCUT2D eigenvalue weighted by molar-refractivity contribution is -0.143. The van der Waals surface area contributed by atoms with E-state index in [1.807, 2.05) is 0 Å². The number of aliphatic carboxylic acids is 1. The zero-order valence-electron chi connectivity index (χ0n) is 11.8. The Morgan fingerprint density at radius 2 is 1.86 bits per heavy atom. The van der Waals surface area contributed by atoms with Gasteiger partial charge in [0, 0.05) is 13.2 Å². The Morgan fingerprint density at radius 3 is 2.38 bits per heavy atom. The van der Waals surface area contributed by atoms with Crippen LogP contribution in [0.15, 0.2) is 24.3 Å². The van der Waals surface area contributed by atoms with E-state index in [2.05, 4.69) is 5.32 Å². The first kappa shape index (κ1) is 15.4. The zero-order chi connectivity index (χ0) is 15.5. The van der Waals surface area contributed by atoms with E-state index in [-0.39, 0.29) is 11.7 Å². The lowest BCUT2D eigenvalue weighted by Gasteiger charge is -2.36. The van der Waals surface area contributed by atoms with Crippen LogP contribution in [0.2, 0.25) is 0 Å². The van der Waals surface area contributed by atoms with Crippen LogP contribution in [0.3, 0.4) is 0 Å². The number of benzene rings is 1. The van der Waals surface area contributed by atoms with Gasteiger partial charge in [-0.15, -0.1) is 0 Å². The Morgan fingerprint density at radius 1 is 1.29 bits per heavy atom. The summed E-state index contributed by atoms with van der Waals surface area (Å²) in [5.41, 5.74) is -0.183. The smallest absolute Gasteiger partial charge is 0.325 e. The molecule has 1 saturated heterocycles. The van der Waals surface area contributed by atoms with Crippen LogP contribution in [0.25, 0.3) is 0 Å². The average molecular weight is 295 g/mol. The Balaban J connectivity index is 2.30. The molecule has 114 valence electrons. The van der Waals surface area contributed by atoms with Gasteiger partial charge in [-0.3, -0.25) is 9.59 Å². The number of ether oxygens (including phenoxy) is 1. The van der Waals surface area contributed by atoms with Crippen molar-refractivity contribution >= 4 is 11.9 Å². The molecule has 0 aromatic heterocycles. The fraction of sp³-hybridized carbons (Fsp3) is 0.467. The number of carboxylic acids is 1. The van der Waals surface area contributed by atoms with Crippen LogP contribution in [0, 0.1) is 5.82 Å². The summed E-state index contributed by atoms with van der Waals surface area (Å²) < 4.78 is 18.4. The molecule has 1 aromatic carbocycles. The van der Waals surface area contributed by atoms with Crippen molar-refractivity contribution in [1.82, 2.24) is 5.32 Å². The minimum atomic E-state index is -1.09. The molecule has 1 aromatic rings. The first-order valence-corrected chi connectivity index (χ1v) is 6.83. The Bertz CT molecular complexity index is 523. The molecule has 5 nitrogen and oxygen atoms in total. The number of carbonyl (C=O) groups excluding carboxylic acids is 1. The van der Waals surface area contributed by atoms with Crippen LogP contribution in [0.5, 0.6) is 0 Å². The van der Waals surface area contributed by atoms with Crippen molar-refractivity contribution in [3.05, 3.63) is 35.6 Å². The molecule has 0 radical (unpaired) electrons. The number of rotatable bonds is 4. The number of halogens is 1. The number of carboxylic acid groups (broad SMARTS) is 1. The SMILES string of the molecule is CC(NC(=O)C1(c2ccc(F)cc2)CCOCC1)C(=O)O. The second-order valence-electron chi connectivity index (χ2n) is 5.23. The summed E-state index contributed by atoms with van der Waals surface area (Å²) in [6.45, 7) is 2.23. The summed E-state index contributed by atoms with van der Waals surface area (Å²) in [6.07, 6.45) is 0.883. The van der Waals surface area contributed by atoms with Crippen molar-refractivity contribution in [3.8, 4) is 0 Å². The molecule has 2 rings (SSSR count). The molecule has 0 aliphatic carbocycles. The van der Waals surface area contributed by atoms with E-state index >= 15 is 0 Å². The quantitative estimate of drug-likeness (QED) is 0.882. The topological polar surface area (TPSA) is 75.6 Å². The van der Waals surface area contributed by atoms with Crippen molar-refractivity contribution in [2.24, 2.45) is 0 Å². The van der Waals surface area contributed by atoms with Gasteiger partial charge in [0.15, 0.2) is 0 Å². The molecule has 0 saturated carbocycles. The standard InChI is InChI=1S/C15H18FNO4/c1-10(13(18)19)17-14(20)15(6-8-21-9-7-15)11-2-4-12(16)5-3-11/h2-5,10H,6-9H2,1H3,(H,17,20)(H,18,19). The molecule has 1 aliphatic rings. The monoisotopic (exact) mass is 295 g/mol. The van der Waals surface area contributed by atoms with E-state index in [0.29, 0.717) is 31.6 Å². The molecule has 0 spiro atoms. The van der Waals surface area contributed by atoms with Crippen molar-refractivity contribution in [2.45, 2.75) is 31.2 Å². The largest absolute Gasteiger partial charge is 0.480 e. The summed E-state index contributed by atoms with van der Waals surface area (Å²) >= 11 is 0. The van der Waals surface area contributed by atoms with Gasteiger partial charge < -0.3 is 15.2 Å². The van der Waals surface area contributed by atoms with Crippen LogP contribution in [0.1, 0.15) is 25.3 Å². The third-order valence-electron chi connectivity index (χ3n) is 3.90. The van der Waals surface area contributed by atoms with Crippen LogP contribution < -0.4 is 5.32 Å². The molecule has 1 aliphatic heterocycles. The fourth-order valence-corrected chi connectivity index (χ4v) is 2.53. The number of hydrogen-bond acceptors (Lipinski definition) is 3. The Hall–Kier alpha value is -1.95. The second-order valence-corrected chi connectivity index (χ2v) is 5.23. The van der Waals surface area contributed by atoms with E-state index in [4.69, 9.17) is 9.84 Å². The molecular formula is C15H18FNO4. The van der Waals surface area contributed by atoms with Gasteiger partial charge in [0.1, 0.15) is 11.9 Å².